The second-order valence-electron chi connectivity index (χ2n) is 16.6. The highest BCUT2D eigenvalue weighted by Crippen LogP contribution is 2.66. The minimum atomic E-state index is -0.0918. The molecule has 0 unspecified atom stereocenters. The minimum Gasteiger partial charge on any atom is -0.508 e. The number of ether oxygens (including phenoxy) is 2. The molecule has 1 saturated heterocycles. The molecule has 2 aliphatic heterocycles. The number of aromatic hydroxyl groups is 1. The molecule has 0 aromatic heterocycles. The summed E-state index contributed by atoms with van der Waals surface area (Å²) in [5.74, 6) is 3.70. The molecule has 3 aliphatic carbocycles. The van der Waals surface area contributed by atoms with Crippen molar-refractivity contribution < 1.29 is 14.6 Å². The number of benzene rings is 4. The van der Waals surface area contributed by atoms with Gasteiger partial charge in [-0.25, -0.2) is 0 Å². The van der Waals surface area contributed by atoms with Gasteiger partial charge in [0.1, 0.15) is 11.9 Å². The lowest BCUT2D eigenvalue weighted by Crippen LogP contribution is -2.69. The van der Waals surface area contributed by atoms with E-state index in [1.807, 2.05) is 6.07 Å². The van der Waals surface area contributed by atoms with Gasteiger partial charge in [-0.05, 0) is 99.4 Å². The third kappa shape index (κ3) is 6.22. The Morgan fingerprint density at radius 3 is 2.25 bits per heavy atom. The Hall–Kier alpha value is -3.80. The number of phenolic OH excluding ortho intramolecular Hbond substituents is 1. The lowest BCUT2D eigenvalue weighted by molar-refractivity contribution is -0.0900. The average Bonchev–Trinajstić information content (AvgIpc) is 3.95. The Bertz CT molecular complexity index is 1770. The summed E-state index contributed by atoms with van der Waals surface area (Å²) < 4.78 is 13.3. The number of hydrogen-bond acceptors (Lipinski definition) is 5. The highest BCUT2D eigenvalue weighted by Gasteiger charge is 2.67. The summed E-state index contributed by atoms with van der Waals surface area (Å²) in [6.07, 6.45) is 13.3. The van der Waals surface area contributed by atoms with Crippen LogP contribution in [0.5, 0.6) is 17.2 Å². The second kappa shape index (κ2) is 14.6. The summed E-state index contributed by atoms with van der Waals surface area (Å²) in [5, 5.41) is 11.6. The molecule has 0 radical (unpaired) electrons. The van der Waals surface area contributed by atoms with Crippen molar-refractivity contribution in [2.75, 3.05) is 33.3 Å². The normalized spacial score (nSPS) is 26.0. The Kier molecular flexibility index (Phi) is 9.52. The number of unbranched alkanes of at least 4 members (excludes halogenated alkanes) is 3. The van der Waals surface area contributed by atoms with Crippen LogP contribution in [0.2, 0.25) is 0 Å². The van der Waals surface area contributed by atoms with Crippen LogP contribution in [0.15, 0.2) is 97.1 Å². The van der Waals surface area contributed by atoms with Crippen LogP contribution in [0.1, 0.15) is 91.5 Å². The van der Waals surface area contributed by atoms with E-state index in [2.05, 4.69) is 101 Å². The summed E-state index contributed by atoms with van der Waals surface area (Å²) >= 11 is 0. The zero-order valence-corrected chi connectivity index (χ0v) is 31.0. The van der Waals surface area contributed by atoms with Gasteiger partial charge in [0.25, 0.3) is 0 Å². The van der Waals surface area contributed by atoms with Crippen molar-refractivity contribution in [2.45, 2.75) is 100 Å². The number of nitrogens with zero attached hydrogens (tertiary/aromatic N) is 2. The van der Waals surface area contributed by atoms with Gasteiger partial charge in [0.2, 0.25) is 0 Å². The van der Waals surface area contributed by atoms with Crippen molar-refractivity contribution in [3.63, 3.8) is 0 Å². The number of phenols is 1. The number of aryl methyl sites for hydroxylation is 1. The third-order valence-electron chi connectivity index (χ3n) is 13.7. The smallest absolute Gasteiger partial charge is 0.166 e. The van der Waals surface area contributed by atoms with Crippen LogP contribution in [0, 0.1) is 11.8 Å². The van der Waals surface area contributed by atoms with E-state index in [9.17, 15) is 5.11 Å². The predicted octanol–water partition coefficient (Wildman–Crippen LogP) is 9.16. The first-order valence-electron chi connectivity index (χ1n) is 20.4. The van der Waals surface area contributed by atoms with E-state index in [4.69, 9.17) is 9.47 Å². The fraction of sp³-hybridized carbons (Fsp3) is 0.489. The first kappa shape index (κ1) is 34.0. The maximum atomic E-state index is 11.6. The van der Waals surface area contributed by atoms with Gasteiger partial charge < -0.3 is 14.6 Å². The van der Waals surface area contributed by atoms with E-state index in [0.717, 1.165) is 62.5 Å². The topological polar surface area (TPSA) is 45.2 Å². The van der Waals surface area contributed by atoms with E-state index < -0.39 is 0 Å². The molecule has 5 nitrogen and oxygen atoms in total. The summed E-state index contributed by atoms with van der Waals surface area (Å²) in [4.78, 5) is 5.68. The summed E-state index contributed by atoms with van der Waals surface area (Å²) in [7, 11) is 1.73. The summed E-state index contributed by atoms with van der Waals surface area (Å²) in [6.45, 7) is 4.37. The van der Waals surface area contributed by atoms with Gasteiger partial charge in [-0.1, -0.05) is 104 Å². The number of likely N-dealkylation sites (tertiary alicyclic amines) is 1. The van der Waals surface area contributed by atoms with Gasteiger partial charge in [0, 0.05) is 53.7 Å². The van der Waals surface area contributed by atoms with E-state index in [-0.39, 0.29) is 23.5 Å². The van der Waals surface area contributed by atoms with Crippen LogP contribution in [-0.4, -0.2) is 66.4 Å². The van der Waals surface area contributed by atoms with Crippen LogP contribution in [-0.2, 0) is 18.3 Å². The quantitative estimate of drug-likeness (QED) is 0.126. The molecule has 2 heterocycles. The molecule has 272 valence electrons. The Morgan fingerprint density at radius 1 is 0.865 bits per heavy atom. The van der Waals surface area contributed by atoms with E-state index in [1.54, 1.807) is 7.11 Å². The zero-order chi connectivity index (χ0) is 35.1. The van der Waals surface area contributed by atoms with E-state index >= 15 is 0 Å². The molecule has 1 N–H and O–H groups in total. The average molecular weight is 697 g/mol. The molecule has 3 fully saturated rings. The zero-order valence-electron chi connectivity index (χ0n) is 31.0. The van der Waals surface area contributed by atoms with Crippen LogP contribution in [0.3, 0.4) is 0 Å². The van der Waals surface area contributed by atoms with Crippen molar-refractivity contribution in [3.8, 4) is 17.2 Å². The number of methoxy groups -OCH3 is 1. The van der Waals surface area contributed by atoms with Crippen molar-refractivity contribution >= 4 is 0 Å². The molecule has 2 saturated carbocycles. The molecule has 52 heavy (non-hydrogen) atoms. The monoisotopic (exact) mass is 696 g/mol. The minimum absolute atomic E-state index is 0.0480. The Labute approximate surface area is 311 Å². The van der Waals surface area contributed by atoms with Gasteiger partial charge in [0.15, 0.2) is 11.5 Å². The van der Waals surface area contributed by atoms with Crippen molar-refractivity contribution in [1.82, 2.24) is 9.80 Å². The molecule has 5 atom stereocenters. The molecule has 5 heteroatoms. The molecular formula is C47H56N2O3. The van der Waals surface area contributed by atoms with Gasteiger partial charge in [0.05, 0.1) is 7.11 Å². The molecule has 5 aliphatic rings. The SMILES string of the molecule is COc1cc(O)c2c3c1O[C@H]1[C@H](N(CCCCCCc4ccccc4)CC(c4ccccc4)c4ccccc4)CC[C@H]4[C@@H](C2)N(CC2CC2)CC[C@@]341. The molecule has 9 rings (SSSR count). The Balaban J connectivity index is 1.04. The molecule has 2 bridgehead atoms. The highest BCUT2D eigenvalue weighted by atomic mass is 16.5. The predicted molar refractivity (Wildman–Crippen MR) is 209 cm³/mol. The molecular weight excluding hydrogens is 641 g/mol. The fourth-order valence-electron chi connectivity index (χ4n) is 11.1. The second-order valence-corrected chi connectivity index (χ2v) is 16.6. The molecule has 1 spiro atoms. The van der Waals surface area contributed by atoms with Crippen molar-refractivity contribution in [2.24, 2.45) is 11.8 Å². The van der Waals surface area contributed by atoms with Crippen molar-refractivity contribution in [1.29, 1.82) is 0 Å². The standard InChI is InChI=1S/C47H56N2O3/c1-51-43-30-42(50)37-29-41-39-24-25-40(46-47(39,44(37)45(43)52-46)26-28-49(41)31-34-22-23-34)48(27-14-3-2-7-15-33-16-8-4-9-17-33)32-38(35-18-10-5-11-19-35)36-20-12-6-13-21-36/h4-6,8-13,16-21,30,34,38-41,46,50H,2-3,7,14-15,22-29,31-32H2,1H3/t39-,40+,41+,46-,47-/m0/s1. The maximum Gasteiger partial charge on any atom is 0.166 e. The van der Waals surface area contributed by atoms with Crippen molar-refractivity contribution in [3.05, 3.63) is 125 Å². The van der Waals surface area contributed by atoms with E-state index in [0.29, 0.717) is 23.5 Å². The number of piperidine rings is 1. The fourth-order valence-corrected chi connectivity index (χ4v) is 11.1. The largest absolute Gasteiger partial charge is 0.508 e. The summed E-state index contributed by atoms with van der Waals surface area (Å²) in [5.41, 5.74) is 6.55. The lowest BCUT2D eigenvalue weighted by Gasteiger charge is -2.60. The van der Waals surface area contributed by atoms with Crippen LogP contribution in [0.25, 0.3) is 0 Å². The Morgan fingerprint density at radius 2 is 1.56 bits per heavy atom. The van der Waals surface area contributed by atoms with Gasteiger partial charge in [-0.3, -0.25) is 9.80 Å². The maximum absolute atomic E-state index is 11.6. The third-order valence-corrected chi connectivity index (χ3v) is 13.7. The summed E-state index contributed by atoms with van der Waals surface area (Å²) in [6, 6.07) is 35.9. The molecule has 4 aromatic rings. The molecule has 4 aromatic carbocycles. The first-order chi connectivity index (χ1) is 25.6. The van der Waals surface area contributed by atoms with Gasteiger partial charge in [-0.2, -0.15) is 0 Å². The number of hydrogen-bond donors (Lipinski definition) is 1. The van der Waals surface area contributed by atoms with Gasteiger partial charge >= 0.3 is 0 Å². The van der Waals surface area contributed by atoms with Crippen LogP contribution in [0.4, 0.5) is 0 Å². The first-order valence-corrected chi connectivity index (χ1v) is 20.4. The molecule has 0 amide bonds. The van der Waals surface area contributed by atoms with Gasteiger partial charge in [-0.15, -0.1) is 0 Å². The number of rotatable bonds is 15. The van der Waals surface area contributed by atoms with Crippen LogP contribution < -0.4 is 9.47 Å². The van der Waals surface area contributed by atoms with E-state index in [1.165, 1.54) is 73.7 Å². The van der Waals surface area contributed by atoms with Crippen LogP contribution >= 0.6 is 0 Å². The highest BCUT2D eigenvalue weighted by molar-refractivity contribution is 5.65. The lowest BCUT2D eigenvalue weighted by atomic mass is 9.50.